The molecule has 0 saturated heterocycles. The average Bonchev–Trinajstić information content (AvgIpc) is 3.10. The fraction of sp³-hybridized carbons (Fsp3) is 0.130. The number of nitrogens with two attached hydrogens (primary N) is 2. The Hall–Kier alpha value is -3.24. The van der Waals surface area contributed by atoms with Crippen molar-refractivity contribution in [1.82, 2.24) is 5.32 Å². The van der Waals surface area contributed by atoms with Crippen LogP contribution in [0.25, 0.3) is 33.1 Å². The van der Waals surface area contributed by atoms with Gasteiger partial charge in [-0.15, -0.1) is 0 Å². The quantitative estimate of drug-likeness (QED) is 0.604. The molecule has 0 aliphatic carbocycles. The molecule has 0 bridgehead atoms. The Bertz CT molecular complexity index is 1130. The van der Waals surface area contributed by atoms with Crippen molar-refractivity contribution in [3.8, 4) is 0 Å². The zero-order valence-corrected chi connectivity index (χ0v) is 15.3. The highest BCUT2D eigenvalue weighted by Gasteiger charge is 2.18. The summed E-state index contributed by atoms with van der Waals surface area (Å²) in [4.78, 5) is 0. The number of fused-ring (bicyclic) bond motifs is 3. The third-order valence-corrected chi connectivity index (χ3v) is 4.97. The molecule has 136 valence electrons. The van der Waals surface area contributed by atoms with Crippen molar-refractivity contribution < 1.29 is 4.42 Å². The van der Waals surface area contributed by atoms with Gasteiger partial charge in [-0.05, 0) is 71.9 Å². The molecular formula is C23H23N3O. The molecule has 4 heteroatoms. The van der Waals surface area contributed by atoms with Crippen LogP contribution in [0.1, 0.15) is 23.6 Å². The Morgan fingerprint density at radius 3 is 2.93 bits per heavy atom. The number of hydrogen-bond acceptors (Lipinski definition) is 4. The molecule has 0 spiro atoms. The van der Waals surface area contributed by atoms with Gasteiger partial charge in [-0.25, -0.2) is 0 Å². The maximum atomic E-state index is 6.29. The number of benzene rings is 2. The van der Waals surface area contributed by atoms with E-state index in [1.807, 2.05) is 36.6 Å². The van der Waals surface area contributed by atoms with E-state index in [4.69, 9.17) is 15.9 Å². The molecule has 0 unspecified atom stereocenters. The third-order valence-electron chi connectivity index (χ3n) is 4.97. The Kier molecular flexibility index (Phi) is 4.57. The molecule has 0 atom stereocenters. The molecule has 0 radical (unpaired) electrons. The van der Waals surface area contributed by atoms with Gasteiger partial charge in [0.15, 0.2) is 0 Å². The molecule has 1 aliphatic rings. The molecule has 5 N–H and O–H groups in total. The van der Waals surface area contributed by atoms with Crippen LogP contribution >= 0.6 is 0 Å². The number of furan rings is 1. The Labute approximate surface area is 158 Å². The third kappa shape index (κ3) is 3.04. The van der Waals surface area contributed by atoms with E-state index in [-0.39, 0.29) is 0 Å². The van der Waals surface area contributed by atoms with Crippen LogP contribution in [-0.2, 0) is 6.54 Å². The van der Waals surface area contributed by atoms with Crippen LogP contribution < -0.4 is 16.8 Å². The van der Waals surface area contributed by atoms with Crippen molar-refractivity contribution in [3.05, 3.63) is 83.7 Å². The summed E-state index contributed by atoms with van der Waals surface area (Å²) in [6, 6.07) is 10.4. The van der Waals surface area contributed by atoms with E-state index in [2.05, 4.69) is 36.5 Å². The molecule has 27 heavy (non-hydrogen) atoms. The lowest BCUT2D eigenvalue weighted by atomic mass is 9.94. The first-order valence-electron chi connectivity index (χ1n) is 9.06. The highest BCUT2D eigenvalue weighted by atomic mass is 16.3. The van der Waals surface area contributed by atoms with Crippen molar-refractivity contribution in [2.75, 3.05) is 6.54 Å². The summed E-state index contributed by atoms with van der Waals surface area (Å²) in [5, 5.41) is 5.48. The van der Waals surface area contributed by atoms with Gasteiger partial charge in [0.2, 0.25) is 0 Å². The minimum absolute atomic E-state index is 0.475. The van der Waals surface area contributed by atoms with Crippen molar-refractivity contribution >= 4 is 33.1 Å². The molecule has 4 rings (SSSR count). The van der Waals surface area contributed by atoms with Gasteiger partial charge >= 0.3 is 0 Å². The van der Waals surface area contributed by atoms with Gasteiger partial charge < -0.3 is 21.2 Å². The molecule has 3 aromatic rings. The normalized spacial score (nSPS) is 14.9. The van der Waals surface area contributed by atoms with Crippen molar-refractivity contribution in [2.24, 2.45) is 11.5 Å². The first kappa shape index (κ1) is 17.2. The Balaban J connectivity index is 2.07. The lowest BCUT2D eigenvalue weighted by Gasteiger charge is -2.13. The minimum Gasteiger partial charge on any atom is -0.455 e. The van der Waals surface area contributed by atoms with Crippen LogP contribution in [0.4, 0.5) is 0 Å². The van der Waals surface area contributed by atoms with Gasteiger partial charge in [0.1, 0.15) is 11.2 Å². The molecule has 1 aromatic heterocycles. The Morgan fingerprint density at radius 2 is 2.19 bits per heavy atom. The van der Waals surface area contributed by atoms with E-state index in [1.165, 1.54) is 5.57 Å². The first-order valence-corrected chi connectivity index (χ1v) is 9.06. The van der Waals surface area contributed by atoms with E-state index < -0.39 is 0 Å². The summed E-state index contributed by atoms with van der Waals surface area (Å²) >= 11 is 0. The topological polar surface area (TPSA) is 77.2 Å². The van der Waals surface area contributed by atoms with Crippen LogP contribution in [0, 0.1) is 0 Å². The number of nitrogens with one attached hydrogen (secondary N) is 1. The number of hydrogen-bond donors (Lipinski definition) is 3. The van der Waals surface area contributed by atoms with Gasteiger partial charge in [-0.1, -0.05) is 24.3 Å². The summed E-state index contributed by atoms with van der Waals surface area (Å²) in [6.45, 7) is 3.33. The second kappa shape index (κ2) is 7.17. The van der Waals surface area contributed by atoms with Crippen molar-refractivity contribution in [1.29, 1.82) is 0 Å². The van der Waals surface area contributed by atoms with Crippen LogP contribution in [0.5, 0.6) is 0 Å². The smallest absolute Gasteiger partial charge is 0.143 e. The summed E-state index contributed by atoms with van der Waals surface area (Å²) < 4.78 is 6.29. The lowest BCUT2D eigenvalue weighted by Crippen LogP contribution is -2.12. The van der Waals surface area contributed by atoms with Crippen LogP contribution in [0.3, 0.4) is 0 Å². The monoisotopic (exact) mass is 357 g/mol. The molecule has 2 aromatic carbocycles. The first-order chi connectivity index (χ1) is 13.2. The lowest BCUT2D eigenvalue weighted by molar-refractivity contribution is 0.667. The SMILES string of the molecule is C/C(=C\C=C/N)c1cc(C2=CC=CNC2)c2oc3cccc(CN)c3c2c1. The molecule has 2 heterocycles. The summed E-state index contributed by atoms with van der Waals surface area (Å²) in [5.41, 5.74) is 18.9. The Morgan fingerprint density at radius 1 is 1.30 bits per heavy atom. The number of rotatable bonds is 4. The van der Waals surface area contributed by atoms with Crippen molar-refractivity contribution in [3.63, 3.8) is 0 Å². The number of allylic oxidation sites excluding steroid dienone is 5. The zero-order chi connectivity index (χ0) is 18.8. The predicted octanol–water partition coefficient (Wildman–Crippen LogP) is 4.42. The van der Waals surface area contributed by atoms with Gasteiger partial charge in [-0.3, -0.25) is 0 Å². The van der Waals surface area contributed by atoms with E-state index in [1.54, 1.807) is 6.20 Å². The van der Waals surface area contributed by atoms with Gasteiger partial charge in [0.25, 0.3) is 0 Å². The molecule has 0 fully saturated rings. The van der Waals surface area contributed by atoms with Gasteiger partial charge in [0.05, 0.1) is 0 Å². The zero-order valence-electron chi connectivity index (χ0n) is 15.3. The standard InChI is InChI=1S/C23H23N3O/c1-15(5-3-9-24)18-11-19(17-7-4-10-26-14-17)23-20(12-18)22-16(13-25)6-2-8-21(22)27-23/h2-12,26H,13-14,24-25H2,1H3/b9-3-,15-5+. The summed E-state index contributed by atoms with van der Waals surface area (Å²) in [7, 11) is 0. The van der Waals surface area contributed by atoms with Crippen LogP contribution in [-0.4, -0.2) is 6.54 Å². The summed E-state index contributed by atoms with van der Waals surface area (Å²) in [5.74, 6) is 0. The fourth-order valence-electron chi connectivity index (χ4n) is 3.58. The second-order valence-electron chi connectivity index (χ2n) is 6.66. The van der Waals surface area contributed by atoms with E-state index in [0.29, 0.717) is 6.54 Å². The predicted molar refractivity (Wildman–Crippen MR) is 114 cm³/mol. The largest absolute Gasteiger partial charge is 0.455 e. The summed E-state index contributed by atoms with van der Waals surface area (Å²) in [6.07, 6.45) is 11.5. The fourth-order valence-corrected chi connectivity index (χ4v) is 3.58. The van der Waals surface area contributed by atoms with Crippen molar-refractivity contribution in [2.45, 2.75) is 13.5 Å². The molecule has 1 aliphatic heterocycles. The van der Waals surface area contributed by atoms with E-state index >= 15 is 0 Å². The maximum absolute atomic E-state index is 6.29. The second-order valence-corrected chi connectivity index (χ2v) is 6.66. The minimum atomic E-state index is 0.475. The van der Waals surface area contributed by atoms with Gasteiger partial charge in [0, 0.05) is 29.4 Å². The molecule has 0 amide bonds. The highest BCUT2D eigenvalue weighted by molar-refractivity contribution is 6.10. The average molecular weight is 357 g/mol. The van der Waals surface area contributed by atoms with E-state index in [0.717, 1.165) is 50.7 Å². The van der Waals surface area contributed by atoms with Gasteiger partial charge in [-0.2, -0.15) is 0 Å². The molecular weight excluding hydrogens is 334 g/mol. The van der Waals surface area contributed by atoms with Crippen LogP contribution in [0.15, 0.2) is 71.5 Å². The molecule has 4 nitrogen and oxygen atoms in total. The van der Waals surface area contributed by atoms with E-state index in [9.17, 15) is 0 Å². The number of dihydropyridines is 1. The molecule has 0 saturated carbocycles. The van der Waals surface area contributed by atoms with Crippen LogP contribution in [0.2, 0.25) is 0 Å². The maximum Gasteiger partial charge on any atom is 0.143 e. The highest BCUT2D eigenvalue weighted by Crippen LogP contribution is 2.38.